The van der Waals surface area contributed by atoms with Gasteiger partial charge >= 0.3 is 67.3 Å². The summed E-state index contributed by atoms with van der Waals surface area (Å²) in [6.07, 6.45) is -8.65. The van der Waals surface area contributed by atoms with Crippen molar-refractivity contribution >= 4 is 61.4 Å². The van der Waals surface area contributed by atoms with E-state index < -0.39 is 118 Å². The van der Waals surface area contributed by atoms with Gasteiger partial charge in [-0.25, -0.2) is 28.8 Å². The molecule has 106 heavy (non-hydrogen) atoms. The van der Waals surface area contributed by atoms with Crippen molar-refractivity contribution in [3.8, 4) is 11.5 Å². The monoisotopic (exact) mass is 1600 g/mol. The molecule has 28 nitrogen and oxygen atoms in total. The van der Waals surface area contributed by atoms with Crippen LogP contribution in [0.2, 0.25) is 0 Å². The molecule has 0 spiro atoms. The van der Waals surface area contributed by atoms with Crippen molar-refractivity contribution < 1.29 is 120 Å². The number of para-hydroxylation sites is 2. The molecule has 4 heterocycles. The van der Waals surface area contributed by atoms with Gasteiger partial charge in [-0.1, -0.05) is 154 Å². The Morgan fingerprint density at radius 3 is 1.64 bits per heavy atom. The van der Waals surface area contributed by atoms with Gasteiger partial charge in [-0.3, -0.25) is 23.5 Å². The van der Waals surface area contributed by atoms with Gasteiger partial charge in [-0.15, -0.1) is 5.76 Å². The molecule has 2 fully saturated rings. The molecule has 3 aliphatic rings. The number of hydrogen-bond acceptors (Lipinski definition) is 25. The number of ether oxygens (including phenoxy) is 6. The number of halogens is 5. The number of nitrogens with one attached hydrogen (secondary N) is 2. The minimum atomic E-state index is -4.41. The Kier molecular flexibility index (Phi) is 42.8. The molecular weight excluding hydrogens is 1500 g/mol. The molecule has 10 atom stereocenters. The molecule has 0 saturated carbocycles. The van der Waals surface area contributed by atoms with Gasteiger partial charge in [0, 0.05) is 23.6 Å². The second-order valence-electron chi connectivity index (χ2n) is 23.2. The summed E-state index contributed by atoms with van der Waals surface area (Å²) >= 11 is 5.84. The van der Waals surface area contributed by atoms with Gasteiger partial charge in [0.25, 0.3) is 0 Å². The van der Waals surface area contributed by atoms with Gasteiger partial charge in [0.15, 0.2) is 11.9 Å². The van der Waals surface area contributed by atoms with E-state index in [2.05, 4.69) is 57.1 Å². The van der Waals surface area contributed by atoms with Gasteiger partial charge in [0.05, 0.1) is 13.2 Å². The van der Waals surface area contributed by atoms with Crippen LogP contribution in [0, 0.1) is 0 Å². The van der Waals surface area contributed by atoms with E-state index in [0.29, 0.717) is 10.3 Å². The van der Waals surface area contributed by atoms with Gasteiger partial charge in [-0.2, -0.15) is 27.6 Å². The second kappa shape index (κ2) is 46.3. The average molecular weight is 1600 g/mol. The maximum Gasteiger partial charge on any atom is 3.00 e. The van der Waals surface area contributed by atoms with Crippen molar-refractivity contribution in [2.45, 2.75) is 171 Å². The van der Waals surface area contributed by atoms with E-state index in [4.69, 9.17) is 60.0 Å². The summed E-state index contributed by atoms with van der Waals surface area (Å²) in [5, 5.41) is 34.6. The fourth-order valence-corrected chi connectivity index (χ4v) is 12.0. The fourth-order valence-electron chi connectivity index (χ4n) is 8.81. The molecule has 8 rings (SSSR count). The zero-order valence-corrected chi connectivity index (χ0v) is 61.7. The number of allylic oxidation sites excluding steroid dienone is 2. The van der Waals surface area contributed by atoms with E-state index >= 15 is 8.78 Å². The first-order valence-electron chi connectivity index (χ1n) is 31.6. The Labute approximate surface area is 631 Å². The van der Waals surface area contributed by atoms with Crippen molar-refractivity contribution in [1.29, 1.82) is 0 Å². The number of ketones is 1. The van der Waals surface area contributed by atoms with Gasteiger partial charge < -0.3 is 74.1 Å². The minimum absolute atomic E-state index is 0. The predicted octanol–water partition coefficient (Wildman–Crippen LogP) is 11.2. The van der Waals surface area contributed by atoms with E-state index in [1.54, 1.807) is 72.8 Å². The molecular formula is C70H99ClF4FeN9O19P2+2. The first kappa shape index (κ1) is 98.0. The predicted molar refractivity (Wildman–Crippen MR) is 388 cm³/mol. The minimum Gasteiger partial charge on any atom is -0.876 e. The quantitative estimate of drug-likeness (QED) is 0.00601. The third-order valence-electron chi connectivity index (χ3n) is 13.8. The number of alkyl halides is 4. The number of hydrogen-bond donors (Lipinski definition) is 6. The van der Waals surface area contributed by atoms with Crippen LogP contribution in [0.1, 0.15) is 109 Å². The average Bonchev–Trinajstić information content (AvgIpc) is 1.61. The van der Waals surface area contributed by atoms with E-state index in [1.165, 1.54) is 92.5 Å². The first-order valence-corrected chi connectivity index (χ1v) is 35.6. The van der Waals surface area contributed by atoms with Crippen molar-refractivity contribution in [3.63, 3.8) is 0 Å². The number of aliphatic hydroxyl groups excluding tert-OH is 2. The standard InChI is InChI=1S/C26H29F2N4O7P.C16H17ClNO4P.C14H19F2N3O6.C6H15N.C5H8O2.3CH4.Fe/c1-17(24(34)36-15-19-9-5-3-6-10-19)31-40(35,39-20-11-7-4-8-12-20)37-16-21-23(33)26(27,28)25(38-21)32-14-13-22(29)30-18(32)2;1-13(16(19)21-12-14-8-4-2-5-9-14)18-23(17,20)22-15-10-6-3-7-11-15;1-13(2,3)25-12(22)24-9-7(6-20)23-10(14(9,15)16)19-5-4-8(17)18-11(19)21;1-4-7(5-2)6-3;1-4(6)3-5(2)7;;;;/h3-14,17,21,23,25,33H,2,15-16H2,1H3,(H2,29,30)(H,31,35);2-11,13H,12H2,1H3,(H,18,20);4-5,7,9-10,20H,6H2,1-3H3,(H2,17,18,21);4-6H2,1-3H3;3,6H,1-2H3;3*1H4;/q;;;;;;;;+3/p-1/b;;;;4-3-;;;;/t17-,21+,23?,25+,40?;13-,23?;7-,9?,10-;;;;;;/m001....../s1. The number of benzene rings is 4. The number of nitrogen functional groups attached to an aromatic ring is 1. The molecule has 5 aromatic rings. The largest absolute Gasteiger partial charge is 3.00 e. The van der Waals surface area contributed by atoms with Gasteiger partial charge in [0.1, 0.15) is 72.1 Å². The zero-order valence-electron chi connectivity index (χ0n) is 58.1. The number of esters is 2. The summed E-state index contributed by atoms with van der Waals surface area (Å²) < 4.78 is 132. The Hall–Kier alpha value is -8.00. The number of nitrogens with two attached hydrogens (primary N) is 2. The van der Waals surface area contributed by atoms with Crippen LogP contribution in [0.25, 0.3) is 0 Å². The number of nitrogens with zero attached hydrogens (tertiary/aromatic N) is 5. The normalized spacial score (nSPS) is 19.8. The fraction of sp³-hybridized carbons (Fsp3) is 0.443. The summed E-state index contributed by atoms with van der Waals surface area (Å²) in [6.45, 7) is 18.7. The smallest absolute Gasteiger partial charge is 0.876 e. The van der Waals surface area contributed by atoms with Crippen LogP contribution >= 0.6 is 25.9 Å². The third-order valence-corrected chi connectivity index (χ3v) is 17.1. The molecule has 36 heteroatoms. The third kappa shape index (κ3) is 32.6. The van der Waals surface area contributed by atoms with E-state index in [-0.39, 0.29) is 87.3 Å². The van der Waals surface area contributed by atoms with Crippen LogP contribution in [-0.4, -0.2) is 152 Å². The van der Waals surface area contributed by atoms with Crippen LogP contribution in [0.4, 0.5) is 28.2 Å². The molecule has 4 aromatic carbocycles. The second-order valence-corrected chi connectivity index (χ2v) is 27.6. The maximum atomic E-state index is 15.0. The van der Waals surface area contributed by atoms with Crippen molar-refractivity contribution in [3.05, 3.63) is 192 Å². The molecule has 4 unspecified atom stereocenters. The summed E-state index contributed by atoms with van der Waals surface area (Å²) in [6, 6.07) is 33.7. The Morgan fingerprint density at radius 1 is 0.764 bits per heavy atom. The molecule has 0 aliphatic carbocycles. The molecule has 0 bridgehead atoms. The van der Waals surface area contributed by atoms with Crippen molar-refractivity contribution in [1.82, 2.24) is 29.5 Å². The molecule has 0 amide bonds. The number of aromatic nitrogens is 2. The van der Waals surface area contributed by atoms with Gasteiger partial charge in [0.2, 0.25) is 18.6 Å². The molecule has 1 radical (unpaired) electrons. The number of carbonyl (C=O) groups is 4. The number of aliphatic hydroxyl groups is 2. The van der Waals surface area contributed by atoms with Crippen LogP contribution in [0.15, 0.2) is 180 Å². The summed E-state index contributed by atoms with van der Waals surface area (Å²) in [5.41, 5.74) is 10.5. The molecule has 1 aromatic heterocycles. The number of aliphatic imine (C=N–C) groups is 1. The topological polar surface area (TPSA) is 379 Å². The van der Waals surface area contributed by atoms with Crippen molar-refractivity contribution in [2.75, 3.05) is 38.6 Å². The molecule has 589 valence electrons. The van der Waals surface area contributed by atoms with Crippen LogP contribution in [0.3, 0.4) is 0 Å². The molecule has 2 saturated heterocycles. The van der Waals surface area contributed by atoms with Crippen LogP contribution in [0.5, 0.6) is 11.5 Å². The number of rotatable bonds is 25. The Balaban J connectivity index is 0.00000145. The van der Waals surface area contributed by atoms with E-state index in [1.807, 2.05) is 36.4 Å². The van der Waals surface area contributed by atoms with Gasteiger partial charge in [-0.05, 0) is 115 Å². The number of anilines is 1. The summed E-state index contributed by atoms with van der Waals surface area (Å²) in [7, 11) is -4.41. The maximum absolute atomic E-state index is 15.0. The van der Waals surface area contributed by atoms with Crippen LogP contribution < -0.4 is 41.5 Å². The molecule has 3 aliphatic heterocycles. The number of carbonyl (C=O) groups excluding carboxylic acids is 4. The Morgan fingerprint density at radius 2 is 1.23 bits per heavy atom. The Bertz CT molecular complexity index is 3760. The van der Waals surface area contributed by atoms with E-state index in [0.717, 1.165) is 34.4 Å². The molecule has 8 N–H and O–H groups in total. The first-order chi connectivity index (χ1) is 47.9. The number of amidine groups is 1. The van der Waals surface area contributed by atoms with Crippen molar-refractivity contribution in [2.24, 2.45) is 10.7 Å². The van der Waals surface area contributed by atoms with E-state index in [9.17, 15) is 57.2 Å². The summed E-state index contributed by atoms with van der Waals surface area (Å²) in [4.78, 5) is 68.5. The zero-order chi connectivity index (χ0) is 76.2. The SMILES string of the molecule is C.C.C.C=C1N=C(N)C=CN1[C@@H]1O[C@H](COP(=O)(N[C@@H](C)C(=O)OCc2ccccc2)Oc2ccccc2)C(O)C1(F)F.CC(=O)/C=C(/C)[O-].CC(C)(C)OC(=O)OC1[C@@H](CO)O[C@@H](n2ccc(N)nc2=O)C1(F)F.CCN(CC)CC.C[C@H](NP(=O)(Cl)Oc1ccccc1)C(=O)OCc1ccccc1.[Fe+3]. The summed E-state index contributed by atoms with van der Waals surface area (Å²) in [5.74, 6) is -9.07. The van der Waals surface area contributed by atoms with Crippen LogP contribution in [-0.2, 0) is 86.7 Å².